The Morgan fingerprint density at radius 3 is 2.58 bits per heavy atom. The van der Waals surface area contributed by atoms with Gasteiger partial charge in [0.05, 0.1) is 17.3 Å². The first-order chi connectivity index (χ1) is 16.0. The highest BCUT2D eigenvalue weighted by atomic mass is 16.5. The van der Waals surface area contributed by atoms with Crippen molar-refractivity contribution >= 4 is 6.29 Å². The smallest absolute Gasteiger partial charge is 0.259 e. The van der Waals surface area contributed by atoms with Crippen LogP contribution in [0.25, 0.3) is 11.1 Å². The number of rotatable bonds is 10. The average Bonchev–Trinajstić information content (AvgIpc) is 2.84. The van der Waals surface area contributed by atoms with Crippen LogP contribution in [-0.4, -0.2) is 22.4 Å². The summed E-state index contributed by atoms with van der Waals surface area (Å²) < 4.78 is 6.80. The van der Waals surface area contributed by atoms with Crippen molar-refractivity contribution in [1.82, 2.24) is 9.55 Å². The molecule has 2 aromatic carbocycles. The van der Waals surface area contributed by atoms with Crippen molar-refractivity contribution in [2.45, 2.75) is 52.7 Å². The van der Waals surface area contributed by atoms with E-state index in [1.54, 1.807) is 13.8 Å². The maximum Gasteiger partial charge on any atom is 0.259 e. The number of aryl methyl sites for hydroxylation is 2. The second-order valence-electron chi connectivity index (χ2n) is 7.88. The van der Waals surface area contributed by atoms with Crippen molar-refractivity contribution in [3.05, 3.63) is 87.1 Å². The number of hydrogen-bond acceptors (Lipinski definition) is 5. The van der Waals surface area contributed by atoms with E-state index < -0.39 is 6.23 Å². The zero-order valence-corrected chi connectivity index (χ0v) is 19.4. The zero-order valence-electron chi connectivity index (χ0n) is 19.4. The highest BCUT2D eigenvalue weighted by molar-refractivity contribution is 5.71. The molecule has 0 aliphatic rings. The standard InChI is InChI=1S/C27H29N3O3/c1-4-6-12-25-24(27(32)30(19(3)29-25)26(18-31)33-5-2)16-20-13-14-23(22(15-20)17-28)21-10-8-7-9-11-21/h7-11,13-15,18,26H,4-6,12,16H2,1-3H3. The Morgan fingerprint density at radius 2 is 1.94 bits per heavy atom. The van der Waals surface area contributed by atoms with Crippen molar-refractivity contribution in [1.29, 1.82) is 5.26 Å². The van der Waals surface area contributed by atoms with Gasteiger partial charge >= 0.3 is 0 Å². The van der Waals surface area contributed by atoms with Crippen LogP contribution >= 0.6 is 0 Å². The van der Waals surface area contributed by atoms with E-state index in [1.807, 2.05) is 48.5 Å². The minimum atomic E-state index is -1.01. The number of aromatic nitrogens is 2. The van der Waals surface area contributed by atoms with Gasteiger partial charge in [-0.2, -0.15) is 5.26 Å². The minimum Gasteiger partial charge on any atom is -0.351 e. The van der Waals surface area contributed by atoms with E-state index in [0.29, 0.717) is 42.7 Å². The van der Waals surface area contributed by atoms with Crippen molar-refractivity contribution in [3.63, 3.8) is 0 Å². The summed E-state index contributed by atoms with van der Waals surface area (Å²) >= 11 is 0. The fourth-order valence-electron chi connectivity index (χ4n) is 3.97. The van der Waals surface area contributed by atoms with Gasteiger partial charge in [-0.25, -0.2) is 4.98 Å². The molecule has 1 heterocycles. The van der Waals surface area contributed by atoms with Gasteiger partial charge in [-0.15, -0.1) is 0 Å². The molecule has 3 rings (SSSR count). The first-order valence-corrected chi connectivity index (χ1v) is 11.3. The Bertz CT molecular complexity index is 1210. The molecule has 0 bridgehead atoms. The molecular weight excluding hydrogens is 414 g/mol. The van der Waals surface area contributed by atoms with Gasteiger partial charge in [0.1, 0.15) is 5.82 Å². The molecule has 0 saturated heterocycles. The molecule has 0 aliphatic heterocycles. The van der Waals surface area contributed by atoms with Crippen LogP contribution < -0.4 is 5.56 Å². The van der Waals surface area contributed by atoms with Gasteiger partial charge < -0.3 is 4.74 Å². The second kappa shape index (κ2) is 11.3. The molecular formula is C27H29N3O3. The molecule has 3 aromatic rings. The van der Waals surface area contributed by atoms with E-state index in [0.717, 1.165) is 35.2 Å². The summed E-state index contributed by atoms with van der Waals surface area (Å²) in [6.45, 7) is 5.89. The van der Waals surface area contributed by atoms with Crippen molar-refractivity contribution in [2.24, 2.45) is 0 Å². The van der Waals surface area contributed by atoms with Crippen molar-refractivity contribution in [2.75, 3.05) is 6.61 Å². The van der Waals surface area contributed by atoms with E-state index >= 15 is 0 Å². The van der Waals surface area contributed by atoms with Gasteiger partial charge in [0, 0.05) is 18.6 Å². The number of ether oxygens (including phenoxy) is 1. The van der Waals surface area contributed by atoms with Gasteiger partial charge in [-0.3, -0.25) is 14.2 Å². The Kier molecular flexibility index (Phi) is 8.28. The van der Waals surface area contributed by atoms with Gasteiger partial charge in [0.2, 0.25) is 0 Å². The molecule has 6 nitrogen and oxygen atoms in total. The zero-order chi connectivity index (χ0) is 23.8. The SMILES string of the molecule is CCCCc1nc(C)n(C(C=O)OCC)c(=O)c1Cc1ccc(-c2ccccc2)c(C#N)c1. The molecule has 0 spiro atoms. The predicted molar refractivity (Wildman–Crippen MR) is 128 cm³/mol. The Morgan fingerprint density at radius 1 is 1.18 bits per heavy atom. The van der Waals surface area contributed by atoms with Gasteiger partial charge in [-0.1, -0.05) is 55.8 Å². The maximum absolute atomic E-state index is 13.5. The number of hydrogen-bond donors (Lipinski definition) is 0. The summed E-state index contributed by atoms with van der Waals surface area (Å²) in [6, 6.07) is 17.7. The van der Waals surface area contributed by atoms with E-state index in [1.165, 1.54) is 4.57 Å². The Labute approximate surface area is 194 Å². The number of benzene rings is 2. The van der Waals surface area contributed by atoms with Crippen LogP contribution in [0.2, 0.25) is 0 Å². The number of carbonyl (C=O) groups excluding carboxylic acids is 1. The third-order valence-corrected chi connectivity index (χ3v) is 5.62. The molecule has 1 aromatic heterocycles. The monoisotopic (exact) mass is 443 g/mol. The second-order valence-corrected chi connectivity index (χ2v) is 7.88. The average molecular weight is 444 g/mol. The predicted octanol–water partition coefficient (Wildman–Crippen LogP) is 4.76. The van der Waals surface area contributed by atoms with Crippen LogP contribution in [-0.2, 0) is 22.4 Å². The van der Waals surface area contributed by atoms with E-state index in [-0.39, 0.29) is 5.56 Å². The number of nitrogens with zero attached hydrogens (tertiary/aromatic N) is 3. The summed E-state index contributed by atoms with van der Waals surface area (Å²) in [5.41, 5.74) is 4.22. The number of nitriles is 1. The lowest BCUT2D eigenvalue weighted by molar-refractivity contribution is -0.123. The third kappa shape index (κ3) is 5.44. The Hall–Kier alpha value is -3.56. The molecule has 33 heavy (non-hydrogen) atoms. The number of aldehydes is 1. The topological polar surface area (TPSA) is 85.0 Å². The molecule has 1 atom stereocenters. The van der Waals surface area contributed by atoms with E-state index in [9.17, 15) is 14.9 Å². The highest BCUT2D eigenvalue weighted by Gasteiger charge is 2.21. The molecule has 170 valence electrons. The van der Waals surface area contributed by atoms with Crippen LogP contribution in [0.5, 0.6) is 0 Å². The number of unbranched alkanes of at least 4 members (excludes halogenated alkanes) is 1. The molecule has 0 fully saturated rings. The molecule has 6 heteroatoms. The first kappa shape index (κ1) is 24.1. The quantitative estimate of drug-likeness (QED) is 0.422. The molecule has 0 radical (unpaired) electrons. The van der Waals surface area contributed by atoms with E-state index in [4.69, 9.17) is 4.74 Å². The van der Waals surface area contributed by atoms with Crippen LogP contribution in [0.1, 0.15) is 61.1 Å². The maximum atomic E-state index is 13.5. The third-order valence-electron chi connectivity index (χ3n) is 5.62. The van der Waals surface area contributed by atoms with Crippen LogP contribution in [0.15, 0.2) is 53.3 Å². The summed E-state index contributed by atoms with van der Waals surface area (Å²) in [6.07, 6.45) is 2.50. The highest BCUT2D eigenvalue weighted by Crippen LogP contribution is 2.25. The van der Waals surface area contributed by atoms with Gasteiger partial charge in [-0.05, 0) is 49.4 Å². The van der Waals surface area contributed by atoms with Crippen molar-refractivity contribution in [3.8, 4) is 17.2 Å². The summed E-state index contributed by atoms with van der Waals surface area (Å²) in [5, 5.41) is 9.76. The Balaban J connectivity index is 2.08. The molecule has 0 N–H and O–H groups in total. The summed E-state index contributed by atoms with van der Waals surface area (Å²) in [4.78, 5) is 29.8. The van der Waals surface area contributed by atoms with Crippen LogP contribution in [0, 0.1) is 18.3 Å². The molecule has 0 saturated carbocycles. The van der Waals surface area contributed by atoms with Crippen molar-refractivity contribution < 1.29 is 9.53 Å². The minimum absolute atomic E-state index is 0.273. The lowest BCUT2D eigenvalue weighted by atomic mass is 9.95. The van der Waals surface area contributed by atoms with Crippen LogP contribution in [0.4, 0.5) is 0 Å². The summed E-state index contributed by atoms with van der Waals surface area (Å²) in [7, 11) is 0. The van der Waals surface area contributed by atoms with E-state index in [2.05, 4.69) is 18.0 Å². The first-order valence-electron chi connectivity index (χ1n) is 11.3. The fraction of sp³-hybridized carbons (Fsp3) is 0.333. The fourth-order valence-corrected chi connectivity index (χ4v) is 3.97. The lowest BCUT2D eigenvalue weighted by Gasteiger charge is -2.19. The van der Waals surface area contributed by atoms with Crippen LogP contribution in [0.3, 0.4) is 0 Å². The number of carbonyl (C=O) groups is 1. The molecule has 1 unspecified atom stereocenters. The van der Waals surface area contributed by atoms with Gasteiger partial charge in [0.15, 0.2) is 12.5 Å². The normalized spacial score (nSPS) is 11.7. The largest absolute Gasteiger partial charge is 0.351 e. The van der Waals surface area contributed by atoms with Gasteiger partial charge in [0.25, 0.3) is 5.56 Å². The molecule has 0 amide bonds. The summed E-state index contributed by atoms with van der Waals surface area (Å²) in [5.74, 6) is 0.456. The lowest BCUT2D eigenvalue weighted by Crippen LogP contribution is -2.34. The molecule has 0 aliphatic carbocycles.